The summed E-state index contributed by atoms with van der Waals surface area (Å²) in [5.74, 6) is 2.25. The third-order valence-corrected chi connectivity index (χ3v) is 5.52. The van der Waals surface area contributed by atoms with E-state index in [-0.39, 0.29) is 5.91 Å². The van der Waals surface area contributed by atoms with Crippen LogP contribution in [-0.4, -0.2) is 65.3 Å². The molecule has 0 aliphatic rings. The summed E-state index contributed by atoms with van der Waals surface area (Å²) in [4.78, 5) is 21.7. The van der Waals surface area contributed by atoms with Gasteiger partial charge >= 0.3 is 0 Å². The number of rotatable bonds is 12. The Bertz CT molecular complexity index is 993. The first-order chi connectivity index (χ1) is 15.2. The first-order valence-electron chi connectivity index (χ1n) is 10.2. The molecule has 1 amide bonds. The van der Waals surface area contributed by atoms with Crippen LogP contribution in [0.4, 0.5) is 5.82 Å². The van der Waals surface area contributed by atoms with E-state index in [9.17, 15) is 4.79 Å². The number of carbonyl (C=O) groups excluding carboxylic acids is 1. The quantitative estimate of drug-likeness (QED) is 0.250. The average Bonchev–Trinajstić information content (AvgIpc) is 3.21. The monoisotopic (exact) mass is 444 g/mol. The number of anilines is 1. The van der Waals surface area contributed by atoms with Crippen molar-refractivity contribution in [3.05, 3.63) is 36.0 Å². The Morgan fingerprint density at radius 1 is 1.16 bits per heavy atom. The summed E-state index contributed by atoms with van der Waals surface area (Å²) in [5.41, 5.74) is 1.32. The van der Waals surface area contributed by atoms with Crippen molar-refractivity contribution in [1.82, 2.24) is 25.1 Å². The van der Waals surface area contributed by atoms with Crippen LogP contribution in [0.3, 0.4) is 0 Å². The minimum atomic E-state index is -0.144. The second kappa shape index (κ2) is 11.5. The van der Waals surface area contributed by atoms with Gasteiger partial charge in [0, 0.05) is 31.5 Å². The van der Waals surface area contributed by atoms with E-state index in [1.54, 1.807) is 61.1 Å². The molecule has 0 atom stereocenters. The van der Waals surface area contributed by atoms with E-state index in [4.69, 9.17) is 14.5 Å². The zero-order valence-electron chi connectivity index (χ0n) is 18.1. The van der Waals surface area contributed by atoms with Gasteiger partial charge in [0.1, 0.15) is 11.6 Å². The minimum Gasteiger partial charge on any atom is -0.497 e. The van der Waals surface area contributed by atoms with Crippen molar-refractivity contribution in [2.45, 2.75) is 25.0 Å². The number of fused-ring (bicyclic) bond motifs is 1. The first kappa shape index (κ1) is 22.8. The second-order valence-corrected chi connectivity index (χ2v) is 7.77. The van der Waals surface area contributed by atoms with Crippen LogP contribution in [0.2, 0.25) is 0 Å². The Morgan fingerprint density at radius 2 is 1.97 bits per heavy atom. The van der Waals surface area contributed by atoms with Crippen molar-refractivity contribution in [3.8, 4) is 5.75 Å². The van der Waals surface area contributed by atoms with Gasteiger partial charge in [-0.2, -0.15) is 5.10 Å². The standard InChI is InChI=1S/C21H28N6O3S/c1-4-13-31-21-25-18(22-10-12-29-2)17-14-24-27(19(17)26-21)11-9-23-20(28)15-5-7-16(30-3)8-6-15/h5-8,14H,4,9-13H2,1-3H3,(H,23,28)(H,22,25,26). The lowest BCUT2D eigenvalue weighted by Crippen LogP contribution is -2.27. The van der Waals surface area contributed by atoms with E-state index >= 15 is 0 Å². The number of amides is 1. The Hall–Kier alpha value is -2.85. The number of carbonyl (C=O) groups is 1. The van der Waals surface area contributed by atoms with Gasteiger partial charge in [-0.15, -0.1) is 0 Å². The molecule has 1 aromatic carbocycles. The molecule has 0 saturated carbocycles. The van der Waals surface area contributed by atoms with Crippen LogP contribution in [0.1, 0.15) is 23.7 Å². The van der Waals surface area contributed by atoms with Gasteiger partial charge in [-0.25, -0.2) is 14.6 Å². The van der Waals surface area contributed by atoms with Crippen LogP contribution < -0.4 is 15.4 Å². The minimum absolute atomic E-state index is 0.144. The molecule has 3 aromatic rings. The van der Waals surface area contributed by atoms with Crippen molar-refractivity contribution >= 4 is 34.5 Å². The predicted molar refractivity (Wildman–Crippen MR) is 122 cm³/mol. The molecule has 31 heavy (non-hydrogen) atoms. The van der Waals surface area contributed by atoms with Crippen LogP contribution in [0.5, 0.6) is 5.75 Å². The number of hydrogen-bond donors (Lipinski definition) is 2. The maximum Gasteiger partial charge on any atom is 0.251 e. The molecule has 9 nitrogen and oxygen atoms in total. The van der Waals surface area contributed by atoms with E-state index in [2.05, 4.69) is 27.6 Å². The smallest absolute Gasteiger partial charge is 0.251 e. The van der Waals surface area contributed by atoms with Gasteiger partial charge < -0.3 is 20.1 Å². The van der Waals surface area contributed by atoms with E-state index in [1.165, 1.54) is 0 Å². The van der Waals surface area contributed by atoms with E-state index in [1.807, 2.05) is 0 Å². The summed E-state index contributed by atoms with van der Waals surface area (Å²) in [7, 11) is 3.26. The molecule has 3 rings (SSSR count). The Labute approximate surface area is 185 Å². The maximum absolute atomic E-state index is 12.4. The van der Waals surface area contributed by atoms with Crippen molar-refractivity contribution in [2.24, 2.45) is 0 Å². The third kappa shape index (κ3) is 6.08. The molecule has 0 radical (unpaired) electrons. The normalized spacial score (nSPS) is 10.9. The highest BCUT2D eigenvalue weighted by Gasteiger charge is 2.14. The lowest BCUT2D eigenvalue weighted by molar-refractivity contribution is 0.0952. The summed E-state index contributed by atoms with van der Waals surface area (Å²) in [6, 6.07) is 7.00. The molecule has 0 unspecified atom stereocenters. The number of aromatic nitrogens is 4. The number of ether oxygens (including phenoxy) is 2. The number of methoxy groups -OCH3 is 2. The molecule has 0 aliphatic heterocycles. The maximum atomic E-state index is 12.4. The van der Waals surface area contributed by atoms with Gasteiger partial charge in [-0.05, 0) is 30.7 Å². The number of benzene rings is 1. The zero-order chi connectivity index (χ0) is 22.1. The van der Waals surface area contributed by atoms with Crippen molar-refractivity contribution in [2.75, 3.05) is 45.0 Å². The topological polar surface area (TPSA) is 103 Å². The van der Waals surface area contributed by atoms with Crippen LogP contribution in [0.25, 0.3) is 11.0 Å². The summed E-state index contributed by atoms with van der Waals surface area (Å²) < 4.78 is 12.0. The second-order valence-electron chi connectivity index (χ2n) is 6.71. The molecule has 0 spiro atoms. The largest absolute Gasteiger partial charge is 0.497 e. The predicted octanol–water partition coefficient (Wildman–Crippen LogP) is 2.83. The summed E-state index contributed by atoms with van der Waals surface area (Å²) in [6.07, 6.45) is 2.79. The summed E-state index contributed by atoms with van der Waals surface area (Å²) >= 11 is 1.62. The van der Waals surface area contributed by atoms with E-state index in [0.717, 1.165) is 29.0 Å². The molecule has 2 heterocycles. The molecule has 166 valence electrons. The van der Waals surface area contributed by atoms with Crippen molar-refractivity contribution < 1.29 is 14.3 Å². The van der Waals surface area contributed by atoms with Crippen LogP contribution >= 0.6 is 11.8 Å². The fraction of sp³-hybridized carbons (Fsp3) is 0.429. The molecule has 0 bridgehead atoms. The van der Waals surface area contributed by atoms with Crippen LogP contribution in [0.15, 0.2) is 35.6 Å². The highest BCUT2D eigenvalue weighted by atomic mass is 32.2. The highest BCUT2D eigenvalue weighted by molar-refractivity contribution is 7.99. The van der Waals surface area contributed by atoms with E-state index < -0.39 is 0 Å². The highest BCUT2D eigenvalue weighted by Crippen LogP contribution is 2.24. The van der Waals surface area contributed by atoms with Gasteiger partial charge in [-0.1, -0.05) is 18.7 Å². The zero-order valence-corrected chi connectivity index (χ0v) is 18.9. The van der Waals surface area contributed by atoms with Crippen LogP contribution in [0, 0.1) is 0 Å². The lowest BCUT2D eigenvalue weighted by Gasteiger charge is -2.10. The fourth-order valence-electron chi connectivity index (χ4n) is 2.88. The van der Waals surface area contributed by atoms with Gasteiger partial charge in [0.15, 0.2) is 10.8 Å². The Balaban J connectivity index is 1.70. The van der Waals surface area contributed by atoms with Gasteiger partial charge in [0.05, 0.1) is 31.8 Å². The van der Waals surface area contributed by atoms with E-state index in [0.29, 0.717) is 42.7 Å². The molecule has 0 aliphatic carbocycles. The number of nitrogens with zero attached hydrogens (tertiary/aromatic N) is 4. The Morgan fingerprint density at radius 3 is 2.68 bits per heavy atom. The lowest BCUT2D eigenvalue weighted by atomic mass is 10.2. The Kier molecular flexibility index (Phi) is 8.48. The number of nitrogens with one attached hydrogen (secondary N) is 2. The number of thioether (sulfide) groups is 1. The first-order valence-corrected chi connectivity index (χ1v) is 11.2. The van der Waals surface area contributed by atoms with Gasteiger partial charge in [-0.3, -0.25) is 4.79 Å². The fourth-order valence-corrected chi connectivity index (χ4v) is 3.58. The summed E-state index contributed by atoms with van der Waals surface area (Å²) in [5, 5.41) is 12.2. The summed E-state index contributed by atoms with van der Waals surface area (Å²) in [6.45, 7) is 4.27. The average molecular weight is 445 g/mol. The molecular weight excluding hydrogens is 416 g/mol. The third-order valence-electron chi connectivity index (χ3n) is 4.47. The SMILES string of the molecule is CCCSc1nc(NCCOC)c2cnn(CCNC(=O)c3ccc(OC)cc3)c2n1. The molecule has 2 N–H and O–H groups in total. The molecular formula is C21H28N6O3S. The van der Waals surface area contributed by atoms with Gasteiger partial charge in [0.25, 0.3) is 5.91 Å². The van der Waals surface area contributed by atoms with Crippen molar-refractivity contribution in [1.29, 1.82) is 0 Å². The molecule has 0 saturated heterocycles. The molecule has 2 aromatic heterocycles. The number of hydrogen-bond acceptors (Lipinski definition) is 8. The molecule has 10 heteroatoms. The van der Waals surface area contributed by atoms with Crippen LogP contribution in [-0.2, 0) is 11.3 Å². The van der Waals surface area contributed by atoms with Crippen molar-refractivity contribution in [3.63, 3.8) is 0 Å². The van der Waals surface area contributed by atoms with Gasteiger partial charge in [0.2, 0.25) is 0 Å². The molecule has 0 fully saturated rings.